The Labute approximate surface area is 171 Å². The first-order chi connectivity index (χ1) is 13.8. The highest BCUT2D eigenvalue weighted by atomic mass is 16.5. The molecule has 0 spiro atoms. The molecule has 0 aliphatic carbocycles. The smallest absolute Gasteiger partial charge is 0.337 e. The van der Waals surface area contributed by atoms with Crippen LogP contribution in [0.1, 0.15) is 67.8 Å². The summed E-state index contributed by atoms with van der Waals surface area (Å²) >= 11 is 0. The number of anilines is 2. The first-order valence-corrected chi connectivity index (χ1v) is 10.4. The molecular formula is C21H31N5O3. The fourth-order valence-electron chi connectivity index (χ4n) is 3.80. The average Bonchev–Trinajstić information content (AvgIpc) is 3.18. The lowest BCUT2D eigenvalue weighted by Gasteiger charge is -2.33. The predicted octanol–water partition coefficient (Wildman–Crippen LogP) is 3.95. The number of aryl methyl sites for hydroxylation is 1. The van der Waals surface area contributed by atoms with E-state index in [0.29, 0.717) is 23.5 Å². The molecule has 0 radical (unpaired) electrons. The minimum atomic E-state index is -0.942. The monoisotopic (exact) mass is 401 g/mol. The first kappa shape index (κ1) is 21.1. The second-order valence-corrected chi connectivity index (χ2v) is 8.24. The highest BCUT2D eigenvalue weighted by molar-refractivity contribution is 5.89. The maximum absolute atomic E-state index is 11.1. The van der Waals surface area contributed by atoms with Crippen molar-refractivity contribution in [2.24, 2.45) is 11.8 Å². The average molecular weight is 402 g/mol. The van der Waals surface area contributed by atoms with E-state index in [4.69, 9.17) is 9.63 Å². The largest absolute Gasteiger partial charge is 0.478 e. The van der Waals surface area contributed by atoms with E-state index in [0.717, 1.165) is 50.5 Å². The number of carbonyl (C=O) groups is 1. The van der Waals surface area contributed by atoms with Gasteiger partial charge in [-0.3, -0.25) is 0 Å². The van der Waals surface area contributed by atoms with Crippen LogP contribution in [0, 0.1) is 18.8 Å². The molecule has 8 nitrogen and oxygen atoms in total. The third kappa shape index (κ3) is 5.25. The fraction of sp³-hybridized carbons (Fsp3) is 0.619. The maximum atomic E-state index is 11.1. The SMILES string of the molecule is Cc1nc(NCC[C@@H](C)C2CCN(c3nc(C(C)C)no3)CC2)ccc1C(=O)O. The van der Waals surface area contributed by atoms with Crippen molar-refractivity contribution in [1.82, 2.24) is 15.1 Å². The molecule has 8 heteroatoms. The zero-order chi connectivity index (χ0) is 21.0. The molecule has 1 atom stereocenters. The van der Waals surface area contributed by atoms with Gasteiger partial charge in [-0.25, -0.2) is 9.78 Å². The van der Waals surface area contributed by atoms with Gasteiger partial charge in [0.1, 0.15) is 5.82 Å². The molecule has 1 aliphatic heterocycles. The number of hydrogen-bond donors (Lipinski definition) is 2. The molecule has 0 amide bonds. The third-order valence-electron chi connectivity index (χ3n) is 5.78. The summed E-state index contributed by atoms with van der Waals surface area (Å²) in [5, 5.41) is 16.5. The number of aromatic nitrogens is 3. The van der Waals surface area contributed by atoms with E-state index in [-0.39, 0.29) is 11.5 Å². The first-order valence-electron chi connectivity index (χ1n) is 10.4. The molecule has 1 saturated heterocycles. The van der Waals surface area contributed by atoms with E-state index in [1.807, 2.05) is 0 Å². The van der Waals surface area contributed by atoms with Crippen molar-refractivity contribution in [1.29, 1.82) is 0 Å². The molecule has 0 unspecified atom stereocenters. The zero-order valence-corrected chi connectivity index (χ0v) is 17.7. The van der Waals surface area contributed by atoms with E-state index < -0.39 is 5.97 Å². The molecule has 158 valence electrons. The van der Waals surface area contributed by atoms with Crippen LogP contribution >= 0.6 is 0 Å². The molecule has 1 fully saturated rings. The number of nitrogens with zero attached hydrogens (tertiary/aromatic N) is 4. The van der Waals surface area contributed by atoms with Crippen LogP contribution in [0.5, 0.6) is 0 Å². The Bertz CT molecular complexity index is 827. The fourth-order valence-corrected chi connectivity index (χ4v) is 3.80. The van der Waals surface area contributed by atoms with Crippen molar-refractivity contribution in [2.45, 2.75) is 52.9 Å². The molecule has 29 heavy (non-hydrogen) atoms. The number of nitrogens with one attached hydrogen (secondary N) is 1. The van der Waals surface area contributed by atoms with Crippen molar-refractivity contribution < 1.29 is 14.4 Å². The Balaban J connectivity index is 1.43. The van der Waals surface area contributed by atoms with Crippen LogP contribution in [0.15, 0.2) is 16.7 Å². The number of carboxylic acids is 1. The molecular weight excluding hydrogens is 370 g/mol. The maximum Gasteiger partial charge on any atom is 0.337 e. The molecule has 0 bridgehead atoms. The van der Waals surface area contributed by atoms with E-state index in [1.165, 1.54) is 0 Å². The molecule has 2 aromatic heterocycles. The molecule has 2 N–H and O–H groups in total. The number of carboxylic acid groups (broad SMARTS) is 1. The lowest BCUT2D eigenvalue weighted by Crippen LogP contribution is -2.36. The second kappa shape index (κ2) is 9.24. The van der Waals surface area contributed by atoms with Crippen LogP contribution in [0.4, 0.5) is 11.8 Å². The Morgan fingerprint density at radius 3 is 2.59 bits per heavy atom. The van der Waals surface area contributed by atoms with Gasteiger partial charge in [-0.05, 0) is 50.2 Å². The van der Waals surface area contributed by atoms with Crippen LogP contribution in [0.3, 0.4) is 0 Å². The highest BCUT2D eigenvalue weighted by Crippen LogP contribution is 2.29. The topological polar surface area (TPSA) is 104 Å². The lowest BCUT2D eigenvalue weighted by molar-refractivity contribution is 0.0695. The van der Waals surface area contributed by atoms with Gasteiger partial charge in [0.25, 0.3) is 0 Å². The Hall–Kier alpha value is -2.64. The summed E-state index contributed by atoms with van der Waals surface area (Å²) in [5.41, 5.74) is 0.780. The Kier molecular flexibility index (Phi) is 6.71. The summed E-state index contributed by atoms with van der Waals surface area (Å²) in [5.74, 6) is 2.09. The van der Waals surface area contributed by atoms with E-state index >= 15 is 0 Å². The third-order valence-corrected chi connectivity index (χ3v) is 5.78. The summed E-state index contributed by atoms with van der Waals surface area (Å²) in [6, 6.07) is 3.98. The van der Waals surface area contributed by atoms with Gasteiger partial charge in [0.2, 0.25) is 0 Å². The number of rotatable bonds is 8. The van der Waals surface area contributed by atoms with Gasteiger partial charge < -0.3 is 19.8 Å². The zero-order valence-electron chi connectivity index (χ0n) is 17.7. The van der Waals surface area contributed by atoms with Gasteiger partial charge in [0, 0.05) is 25.6 Å². The summed E-state index contributed by atoms with van der Waals surface area (Å²) in [6.45, 7) is 10.9. The molecule has 2 aromatic rings. The van der Waals surface area contributed by atoms with Gasteiger partial charge in [0.15, 0.2) is 5.82 Å². The van der Waals surface area contributed by atoms with Gasteiger partial charge in [0.05, 0.1) is 11.3 Å². The quantitative estimate of drug-likeness (QED) is 0.685. The van der Waals surface area contributed by atoms with Crippen LogP contribution in [0.25, 0.3) is 0 Å². The Morgan fingerprint density at radius 2 is 2.00 bits per heavy atom. The van der Waals surface area contributed by atoms with Gasteiger partial charge in [-0.15, -0.1) is 0 Å². The number of piperidine rings is 1. The second-order valence-electron chi connectivity index (χ2n) is 8.24. The summed E-state index contributed by atoms with van der Waals surface area (Å²) in [6.07, 6.45) is 3.28. The standard InChI is InChI=1S/C21H31N5O3/c1-13(2)19-24-21(29-25-19)26-11-8-16(9-12-26)14(3)7-10-22-18-6-5-17(20(27)28)15(4)23-18/h5-6,13-14,16H,7-12H2,1-4H3,(H,22,23)(H,27,28)/t14-/m1/s1. The van der Waals surface area contributed by atoms with Gasteiger partial charge in [-0.2, -0.15) is 4.98 Å². The number of aromatic carboxylic acids is 1. The Morgan fingerprint density at radius 1 is 1.28 bits per heavy atom. The molecule has 1 aliphatic rings. The number of hydrogen-bond acceptors (Lipinski definition) is 7. The summed E-state index contributed by atoms with van der Waals surface area (Å²) in [4.78, 5) is 22.1. The predicted molar refractivity (Wildman–Crippen MR) is 112 cm³/mol. The van der Waals surface area contributed by atoms with Crippen molar-refractivity contribution in [3.8, 4) is 0 Å². The van der Waals surface area contributed by atoms with Crippen LogP contribution in [0.2, 0.25) is 0 Å². The number of pyridine rings is 1. The van der Waals surface area contributed by atoms with Crippen molar-refractivity contribution >= 4 is 17.8 Å². The van der Waals surface area contributed by atoms with Crippen molar-refractivity contribution in [3.05, 3.63) is 29.2 Å². The normalized spacial score (nSPS) is 16.2. The summed E-state index contributed by atoms with van der Waals surface area (Å²) < 4.78 is 5.42. The van der Waals surface area contributed by atoms with Gasteiger partial charge in [-0.1, -0.05) is 25.9 Å². The molecule has 0 saturated carbocycles. The molecule has 3 heterocycles. The van der Waals surface area contributed by atoms with E-state index in [9.17, 15) is 4.79 Å². The van der Waals surface area contributed by atoms with Crippen LogP contribution in [-0.4, -0.2) is 45.8 Å². The van der Waals surface area contributed by atoms with Crippen LogP contribution in [-0.2, 0) is 0 Å². The van der Waals surface area contributed by atoms with Crippen molar-refractivity contribution in [2.75, 3.05) is 29.9 Å². The van der Waals surface area contributed by atoms with Crippen molar-refractivity contribution in [3.63, 3.8) is 0 Å². The molecule has 0 aromatic carbocycles. The molecule has 3 rings (SSSR count). The van der Waals surface area contributed by atoms with E-state index in [2.05, 4.69) is 46.1 Å². The highest BCUT2D eigenvalue weighted by Gasteiger charge is 2.26. The lowest BCUT2D eigenvalue weighted by atomic mass is 9.83. The van der Waals surface area contributed by atoms with Crippen LogP contribution < -0.4 is 10.2 Å². The minimum absolute atomic E-state index is 0.248. The van der Waals surface area contributed by atoms with Gasteiger partial charge >= 0.3 is 12.0 Å². The minimum Gasteiger partial charge on any atom is -0.478 e. The summed E-state index contributed by atoms with van der Waals surface area (Å²) in [7, 11) is 0. The van der Waals surface area contributed by atoms with E-state index in [1.54, 1.807) is 19.1 Å².